The van der Waals surface area contributed by atoms with Gasteiger partial charge in [0.2, 0.25) is 15.8 Å². The molecule has 3 heterocycles. The van der Waals surface area contributed by atoms with Gasteiger partial charge < -0.3 is 9.26 Å². The van der Waals surface area contributed by atoms with Crippen LogP contribution < -0.4 is 0 Å². The fourth-order valence-corrected chi connectivity index (χ4v) is 5.12. The quantitative estimate of drug-likeness (QED) is 0.694. The minimum atomic E-state index is -3.52. The Morgan fingerprint density at radius 2 is 1.88 bits per heavy atom. The van der Waals surface area contributed by atoms with Crippen molar-refractivity contribution in [2.24, 2.45) is 0 Å². The highest BCUT2D eigenvalue weighted by Crippen LogP contribution is 2.31. The molecule has 9 heteroatoms. The first-order chi connectivity index (χ1) is 12.1. The minimum absolute atomic E-state index is 0.244. The fourth-order valence-electron chi connectivity index (χ4n) is 2.53. The van der Waals surface area contributed by atoms with Gasteiger partial charge in [0, 0.05) is 24.0 Å². The lowest BCUT2D eigenvalue weighted by Gasteiger charge is -2.25. The van der Waals surface area contributed by atoms with Crippen molar-refractivity contribution >= 4 is 21.4 Å². The highest BCUT2D eigenvalue weighted by atomic mass is 32.2. The predicted molar refractivity (Wildman–Crippen MR) is 92.6 cm³/mol. The van der Waals surface area contributed by atoms with Crippen LogP contribution in [0.1, 0.15) is 0 Å². The highest BCUT2D eigenvalue weighted by Gasteiger charge is 2.28. The van der Waals surface area contributed by atoms with E-state index < -0.39 is 10.0 Å². The largest absolute Gasteiger partial charge is 0.379 e. The Morgan fingerprint density at radius 1 is 1.12 bits per heavy atom. The van der Waals surface area contributed by atoms with E-state index >= 15 is 0 Å². The maximum Gasteiger partial charge on any atom is 0.268 e. The summed E-state index contributed by atoms with van der Waals surface area (Å²) in [5, 5.41) is 5.57. The lowest BCUT2D eigenvalue weighted by molar-refractivity contribution is 0.0730. The summed E-state index contributed by atoms with van der Waals surface area (Å²) in [4.78, 5) is 5.23. The van der Waals surface area contributed by atoms with E-state index in [4.69, 9.17) is 9.26 Å². The lowest BCUT2D eigenvalue weighted by atomic mass is 10.2. The molecule has 7 nitrogen and oxygen atoms in total. The molecule has 130 valence electrons. The van der Waals surface area contributed by atoms with Crippen molar-refractivity contribution in [2.75, 3.05) is 26.3 Å². The molecule has 3 aromatic rings. The van der Waals surface area contributed by atoms with E-state index in [-0.39, 0.29) is 4.90 Å². The molecule has 0 aliphatic carbocycles. The molecule has 1 saturated heterocycles. The molecular weight excluding hydrogens is 362 g/mol. The number of benzene rings is 1. The number of nitrogens with zero attached hydrogens (tertiary/aromatic N) is 3. The molecule has 1 aromatic carbocycles. The Labute approximate surface area is 148 Å². The van der Waals surface area contributed by atoms with E-state index in [9.17, 15) is 8.42 Å². The van der Waals surface area contributed by atoms with E-state index in [2.05, 4.69) is 10.1 Å². The number of morpholine rings is 1. The van der Waals surface area contributed by atoms with Gasteiger partial charge in [-0.15, -0.1) is 11.3 Å². The second-order valence-corrected chi connectivity index (χ2v) is 8.30. The molecule has 25 heavy (non-hydrogen) atoms. The topological polar surface area (TPSA) is 85.5 Å². The molecule has 2 aromatic heterocycles. The molecule has 0 radical (unpaired) electrons. The van der Waals surface area contributed by atoms with Gasteiger partial charge in [0.15, 0.2) is 0 Å². The second-order valence-electron chi connectivity index (χ2n) is 5.45. The third-order valence-electron chi connectivity index (χ3n) is 3.85. The second kappa shape index (κ2) is 6.68. The van der Waals surface area contributed by atoms with Crippen LogP contribution in [0.4, 0.5) is 0 Å². The number of hydrogen-bond donors (Lipinski definition) is 0. The van der Waals surface area contributed by atoms with Crippen molar-refractivity contribution in [2.45, 2.75) is 4.90 Å². The average Bonchev–Trinajstić information content (AvgIpc) is 3.33. The van der Waals surface area contributed by atoms with E-state index in [1.807, 2.05) is 30.3 Å². The zero-order chi connectivity index (χ0) is 17.3. The van der Waals surface area contributed by atoms with Gasteiger partial charge in [0.1, 0.15) is 0 Å². The molecule has 0 amide bonds. The maximum atomic E-state index is 12.7. The smallest absolute Gasteiger partial charge is 0.268 e. The lowest BCUT2D eigenvalue weighted by Crippen LogP contribution is -2.40. The van der Waals surface area contributed by atoms with E-state index in [0.29, 0.717) is 42.9 Å². The van der Waals surface area contributed by atoms with Crippen molar-refractivity contribution in [3.63, 3.8) is 0 Å². The first kappa shape index (κ1) is 16.4. The van der Waals surface area contributed by atoms with Crippen LogP contribution in [0.25, 0.3) is 22.2 Å². The van der Waals surface area contributed by atoms with Crippen LogP contribution in [0.5, 0.6) is 0 Å². The van der Waals surface area contributed by atoms with Crippen molar-refractivity contribution in [3.05, 3.63) is 41.8 Å². The van der Waals surface area contributed by atoms with Crippen molar-refractivity contribution < 1.29 is 17.7 Å². The van der Waals surface area contributed by atoms with Crippen LogP contribution in [0, 0.1) is 0 Å². The fraction of sp³-hybridized carbons (Fsp3) is 0.250. The van der Waals surface area contributed by atoms with Crippen LogP contribution in [0.2, 0.25) is 0 Å². The summed E-state index contributed by atoms with van der Waals surface area (Å²) in [6, 6.07) is 11.0. The van der Waals surface area contributed by atoms with Gasteiger partial charge in [-0.1, -0.05) is 35.5 Å². The van der Waals surface area contributed by atoms with Crippen molar-refractivity contribution in [3.8, 4) is 22.2 Å². The Morgan fingerprint density at radius 3 is 2.64 bits per heavy atom. The number of thiophene rings is 1. The zero-order valence-electron chi connectivity index (χ0n) is 13.2. The maximum absolute atomic E-state index is 12.7. The minimum Gasteiger partial charge on any atom is -0.379 e. The van der Waals surface area contributed by atoms with Crippen LogP contribution in [0.3, 0.4) is 0 Å². The Balaban J connectivity index is 1.60. The molecule has 0 unspecified atom stereocenters. The monoisotopic (exact) mass is 377 g/mol. The van der Waals surface area contributed by atoms with Crippen LogP contribution in [0.15, 0.2) is 51.2 Å². The summed E-state index contributed by atoms with van der Waals surface area (Å²) in [7, 11) is -3.52. The third kappa shape index (κ3) is 3.23. The summed E-state index contributed by atoms with van der Waals surface area (Å²) in [6.45, 7) is 1.57. The summed E-state index contributed by atoms with van der Waals surface area (Å²) in [5.74, 6) is 0.786. The summed E-state index contributed by atoms with van der Waals surface area (Å²) in [6.07, 6.45) is 0. The summed E-state index contributed by atoms with van der Waals surface area (Å²) < 4.78 is 37.3. The molecule has 0 saturated carbocycles. The number of aromatic nitrogens is 2. The van der Waals surface area contributed by atoms with Gasteiger partial charge >= 0.3 is 0 Å². The highest BCUT2D eigenvalue weighted by molar-refractivity contribution is 7.89. The normalized spacial score (nSPS) is 16.2. The van der Waals surface area contributed by atoms with Gasteiger partial charge in [-0.2, -0.15) is 9.29 Å². The van der Waals surface area contributed by atoms with Crippen molar-refractivity contribution in [1.82, 2.24) is 14.4 Å². The molecule has 0 atom stereocenters. The number of rotatable bonds is 4. The number of ether oxygens (including phenoxy) is 1. The van der Waals surface area contributed by atoms with Crippen LogP contribution in [-0.4, -0.2) is 49.2 Å². The predicted octanol–water partition coefficient (Wildman–Crippen LogP) is 2.49. The number of sulfonamides is 1. The molecule has 1 aliphatic rings. The van der Waals surface area contributed by atoms with Gasteiger partial charge in [-0.25, -0.2) is 8.42 Å². The van der Waals surface area contributed by atoms with Gasteiger partial charge in [0.25, 0.3) is 5.89 Å². The first-order valence-electron chi connectivity index (χ1n) is 7.70. The Kier molecular flexibility index (Phi) is 4.38. The molecule has 4 rings (SSSR count). The average molecular weight is 377 g/mol. The third-order valence-corrected chi connectivity index (χ3v) is 6.80. The molecule has 0 bridgehead atoms. The standard InChI is InChI=1S/C16H15N3O4S2/c20-25(21,19-6-8-22-9-7-19)13-10-14(24-11-13)16-17-15(18-23-16)12-4-2-1-3-5-12/h1-5,10-11H,6-9H2. The summed E-state index contributed by atoms with van der Waals surface area (Å²) >= 11 is 1.27. The van der Waals surface area contributed by atoms with Crippen LogP contribution in [-0.2, 0) is 14.8 Å². The number of hydrogen-bond acceptors (Lipinski definition) is 7. The molecule has 0 N–H and O–H groups in total. The SMILES string of the molecule is O=S(=O)(c1csc(-c2nc(-c3ccccc3)no2)c1)N1CCOCC1. The zero-order valence-corrected chi connectivity index (χ0v) is 14.8. The Bertz CT molecular complexity index is 960. The van der Waals surface area contributed by atoms with Crippen LogP contribution >= 0.6 is 11.3 Å². The molecular formula is C16H15N3O4S2. The molecule has 0 spiro atoms. The van der Waals surface area contributed by atoms with Crippen molar-refractivity contribution in [1.29, 1.82) is 0 Å². The van der Waals surface area contributed by atoms with Gasteiger partial charge in [-0.05, 0) is 6.07 Å². The Hall–Kier alpha value is -2.07. The van der Waals surface area contributed by atoms with E-state index in [1.165, 1.54) is 15.6 Å². The van der Waals surface area contributed by atoms with E-state index in [0.717, 1.165) is 5.56 Å². The van der Waals surface area contributed by atoms with Gasteiger partial charge in [-0.3, -0.25) is 0 Å². The van der Waals surface area contributed by atoms with E-state index in [1.54, 1.807) is 11.4 Å². The summed E-state index contributed by atoms with van der Waals surface area (Å²) in [5.41, 5.74) is 0.843. The molecule has 1 aliphatic heterocycles. The van der Waals surface area contributed by atoms with Gasteiger partial charge in [0.05, 0.1) is 23.0 Å². The molecule has 1 fully saturated rings. The first-order valence-corrected chi connectivity index (χ1v) is 10.0.